The summed E-state index contributed by atoms with van der Waals surface area (Å²) >= 11 is 5.95. The van der Waals surface area contributed by atoms with Crippen LogP contribution in [0.1, 0.15) is 28.1 Å². The van der Waals surface area contributed by atoms with Crippen LogP contribution in [0, 0.1) is 6.92 Å². The van der Waals surface area contributed by atoms with Crippen LogP contribution in [0.15, 0.2) is 65.1 Å². The molecule has 7 heteroatoms. The van der Waals surface area contributed by atoms with Crippen molar-refractivity contribution < 1.29 is 17.6 Å². The lowest BCUT2D eigenvalue weighted by Gasteiger charge is -2.27. The number of nitrogens with zero attached hydrogens (tertiary/aromatic N) is 1. The molecule has 1 aliphatic heterocycles. The van der Waals surface area contributed by atoms with E-state index in [1.807, 2.05) is 43.3 Å². The first-order chi connectivity index (χ1) is 14.3. The second-order valence-corrected chi connectivity index (χ2v) is 10.3. The fourth-order valence-electron chi connectivity index (χ4n) is 3.65. The summed E-state index contributed by atoms with van der Waals surface area (Å²) in [4.78, 5) is 14.9. The molecule has 2 heterocycles. The zero-order chi connectivity index (χ0) is 21.3. The van der Waals surface area contributed by atoms with E-state index in [1.165, 1.54) is 0 Å². The quantitative estimate of drug-likeness (QED) is 0.571. The van der Waals surface area contributed by atoms with E-state index in [1.54, 1.807) is 29.2 Å². The molecule has 0 bridgehead atoms. The molecule has 1 aromatic heterocycles. The van der Waals surface area contributed by atoms with Crippen molar-refractivity contribution in [1.29, 1.82) is 0 Å². The standard InChI is InChI=1S/C23H22ClNO4S/c1-16-2-4-18(5-3-16)23(26)25(20-12-13-30(27,28)15-20)14-21-10-11-22(29-21)17-6-8-19(24)9-7-17/h2-11,20H,12-15H2,1H3/t20-/m0/s1. The molecule has 0 spiro atoms. The highest BCUT2D eigenvalue weighted by atomic mass is 35.5. The monoisotopic (exact) mass is 443 g/mol. The molecule has 1 atom stereocenters. The molecule has 0 unspecified atom stereocenters. The normalized spacial score (nSPS) is 17.7. The predicted molar refractivity (Wildman–Crippen MR) is 117 cm³/mol. The molecular formula is C23H22ClNO4S. The molecule has 0 aliphatic carbocycles. The summed E-state index contributed by atoms with van der Waals surface area (Å²) < 4.78 is 30.1. The van der Waals surface area contributed by atoms with Crippen LogP contribution in [-0.2, 0) is 16.4 Å². The molecule has 1 aliphatic rings. The summed E-state index contributed by atoms with van der Waals surface area (Å²) in [7, 11) is -3.13. The van der Waals surface area contributed by atoms with Crippen molar-refractivity contribution in [3.63, 3.8) is 0 Å². The molecule has 1 amide bonds. The Morgan fingerprint density at radius 1 is 1.07 bits per heavy atom. The number of halogens is 1. The smallest absolute Gasteiger partial charge is 0.254 e. The van der Waals surface area contributed by atoms with Gasteiger partial charge in [0.1, 0.15) is 11.5 Å². The lowest BCUT2D eigenvalue weighted by molar-refractivity contribution is 0.0666. The molecule has 4 rings (SSSR count). The maximum Gasteiger partial charge on any atom is 0.254 e. The second-order valence-electron chi connectivity index (χ2n) is 7.63. The van der Waals surface area contributed by atoms with E-state index >= 15 is 0 Å². The first kappa shape index (κ1) is 20.7. The van der Waals surface area contributed by atoms with Crippen LogP contribution in [0.2, 0.25) is 5.02 Å². The zero-order valence-electron chi connectivity index (χ0n) is 16.5. The van der Waals surface area contributed by atoms with E-state index in [2.05, 4.69) is 0 Å². The molecule has 1 saturated heterocycles. The fraction of sp³-hybridized carbons (Fsp3) is 0.261. The number of carbonyl (C=O) groups is 1. The highest BCUT2D eigenvalue weighted by Crippen LogP contribution is 2.27. The molecule has 3 aromatic rings. The minimum atomic E-state index is -3.13. The van der Waals surface area contributed by atoms with Crippen molar-refractivity contribution in [3.05, 3.63) is 82.6 Å². The van der Waals surface area contributed by atoms with Gasteiger partial charge in [-0.15, -0.1) is 0 Å². The Kier molecular flexibility index (Phi) is 5.71. The van der Waals surface area contributed by atoms with Crippen molar-refractivity contribution in [2.75, 3.05) is 11.5 Å². The summed E-state index contributed by atoms with van der Waals surface area (Å²) in [6, 6.07) is 17.9. The van der Waals surface area contributed by atoms with Gasteiger partial charge in [-0.1, -0.05) is 29.3 Å². The molecule has 0 N–H and O–H groups in total. The van der Waals surface area contributed by atoms with E-state index < -0.39 is 9.84 Å². The number of furan rings is 1. The van der Waals surface area contributed by atoms with Gasteiger partial charge in [0.25, 0.3) is 5.91 Å². The SMILES string of the molecule is Cc1ccc(C(=O)N(Cc2ccc(-c3ccc(Cl)cc3)o2)[C@H]2CCS(=O)(=O)C2)cc1. The summed E-state index contributed by atoms with van der Waals surface area (Å²) in [5, 5.41) is 0.642. The Bertz CT molecular complexity index is 1150. The van der Waals surface area contributed by atoms with Crippen LogP contribution < -0.4 is 0 Å². The van der Waals surface area contributed by atoms with E-state index in [9.17, 15) is 13.2 Å². The minimum absolute atomic E-state index is 0.0185. The lowest BCUT2D eigenvalue weighted by atomic mass is 10.1. The minimum Gasteiger partial charge on any atom is -0.459 e. The third-order valence-corrected chi connectivity index (χ3v) is 7.33. The number of amides is 1. The molecule has 0 radical (unpaired) electrons. The number of hydrogen-bond acceptors (Lipinski definition) is 4. The van der Waals surface area contributed by atoms with Crippen LogP contribution in [0.3, 0.4) is 0 Å². The molecule has 5 nitrogen and oxygen atoms in total. The Hall–Kier alpha value is -2.57. The molecule has 30 heavy (non-hydrogen) atoms. The van der Waals surface area contributed by atoms with Crippen molar-refractivity contribution in [1.82, 2.24) is 4.90 Å². The number of benzene rings is 2. The highest BCUT2D eigenvalue weighted by molar-refractivity contribution is 7.91. The van der Waals surface area contributed by atoms with Crippen molar-refractivity contribution >= 4 is 27.3 Å². The number of aryl methyl sites for hydroxylation is 1. The van der Waals surface area contributed by atoms with Crippen LogP contribution in [0.5, 0.6) is 0 Å². The average molecular weight is 444 g/mol. The van der Waals surface area contributed by atoms with Gasteiger partial charge in [0.15, 0.2) is 9.84 Å². The molecule has 2 aromatic carbocycles. The van der Waals surface area contributed by atoms with Gasteiger partial charge in [0.05, 0.1) is 18.1 Å². The van der Waals surface area contributed by atoms with Gasteiger partial charge in [-0.25, -0.2) is 8.42 Å². The maximum atomic E-state index is 13.2. The summed E-state index contributed by atoms with van der Waals surface area (Å²) in [6.07, 6.45) is 0.435. The van der Waals surface area contributed by atoms with Crippen molar-refractivity contribution in [2.45, 2.75) is 25.9 Å². The second kappa shape index (κ2) is 8.28. The number of sulfone groups is 1. The first-order valence-corrected chi connectivity index (χ1v) is 11.9. The van der Waals surface area contributed by atoms with Crippen molar-refractivity contribution in [2.24, 2.45) is 0 Å². The largest absolute Gasteiger partial charge is 0.459 e. The molecule has 156 valence electrons. The molecule has 1 fully saturated rings. The van der Waals surface area contributed by atoms with Gasteiger partial charge >= 0.3 is 0 Å². The summed E-state index contributed by atoms with van der Waals surface area (Å²) in [5.41, 5.74) is 2.47. The first-order valence-electron chi connectivity index (χ1n) is 9.73. The number of rotatable bonds is 5. The number of carbonyl (C=O) groups excluding carboxylic acids is 1. The third-order valence-electron chi connectivity index (χ3n) is 5.33. The zero-order valence-corrected chi connectivity index (χ0v) is 18.1. The van der Waals surface area contributed by atoms with Gasteiger partial charge in [0, 0.05) is 22.2 Å². The van der Waals surface area contributed by atoms with Crippen LogP contribution >= 0.6 is 11.6 Å². The van der Waals surface area contributed by atoms with E-state index in [0.29, 0.717) is 28.5 Å². The van der Waals surface area contributed by atoms with Crippen molar-refractivity contribution in [3.8, 4) is 11.3 Å². The Morgan fingerprint density at radius 2 is 1.77 bits per heavy atom. The molecule has 0 saturated carbocycles. The van der Waals surface area contributed by atoms with Gasteiger partial charge in [-0.3, -0.25) is 4.79 Å². The van der Waals surface area contributed by atoms with Crippen LogP contribution in [0.4, 0.5) is 0 Å². The Labute approximate surface area is 181 Å². The summed E-state index contributed by atoms with van der Waals surface area (Å²) in [5.74, 6) is 1.16. The topological polar surface area (TPSA) is 67.6 Å². The van der Waals surface area contributed by atoms with E-state index in [0.717, 1.165) is 11.1 Å². The van der Waals surface area contributed by atoms with E-state index in [4.69, 9.17) is 16.0 Å². The van der Waals surface area contributed by atoms with Gasteiger partial charge < -0.3 is 9.32 Å². The fourth-order valence-corrected chi connectivity index (χ4v) is 5.51. The van der Waals surface area contributed by atoms with Crippen LogP contribution in [0.25, 0.3) is 11.3 Å². The van der Waals surface area contributed by atoms with Crippen LogP contribution in [-0.4, -0.2) is 36.8 Å². The lowest BCUT2D eigenvalue weighted by Crippen LogP contribution is -2.40. The Balaban J connectivity index is 1.61. The molecular weight excluding hydrogens is 422 g/mol. The maximum absolute atomic E-state index is 13.2. The highest BCUT2D eigenvalue weighted by Gasteiger charge is 2.35. The van der Waals surface area contributed by atoms with E-state index in [-0.39, 0.29) is 30.0 Å². The predicted octanol–water partition coefficient (Wildman–Crippen LogP) is 4.74. The number of hydrogen-bond donors (Lipinski definition) is 0. The van der Waals surface area contributed by atoms with Gasteiger partial charge in [-0.2, -0.15) is 0 Å². The average Bonchev–Trinajstić information content (AvgIpc) is 3.33. The Morgan fingerprint density at radius 3 is 2.40 bits per heavy atom. The third kappa shape index (κ3) is 4.60. The van der Waals surface area contributed by atoms with Gasteiger partial charge in [-0.05, 0) is 61.9 Å². The summed E-state index contributed by atoms with van der Waals surface area (Å²) in [6.45, 7) is 2.16. The van der Waals surface area contributed by atoms with Gasteiger partial charge in [0.2, 0.25) is 0 Å².